The molecule has 1 aromatic carbocycles. The molecule has 1 aliphatic heterocycles. The van der Waals surface area contributed by atoms with Crippen molar-refractivity contribution >= 4 is 29.9 Å². The summed E-state index contributed by atoms with van der Waals surface area (Å²) in [5.41, 5.74) is 1.41. The molecule has 4 nitrogen and oxygen atoms in total. The van der Waals surface area contributed by atoms with E-state index in [0.29, 0.717) is 12.0 Å². The van der Waals surface area contributed by atoms with Crippen LogP contribution in [-0.4, -0.2) is 37.6 Å². The van der Waals surface area contributed by atoms with Gasteiger partial charge in [0.05, 0.1) is 0 Å². The number of halogens is 3. The fraction of sp³-hybridized carbons (Fsp3) is 0.588. The molecule has 1 saturated heterocycles. The van der Waals surface area contributed by atoms with Crippen molar-refractivity contribution in [2.24, 2.45) is 10.4 Å². The number of guanidine groups is 1. The molecule has 1 spiro atoms. The second-order valence-electron chi connectivity index (χ2n) is 6.45. The third-order valence-corrected chi connectivity index (χ3v) is 4.94. The number of nitrogens with one attached hydrogen (secondary N) is 1. The fourth-order valence-electron chi connectivity index (χ4n) is 3.55. The highest BCUT2D eigenvalue weighted by Gasteiger charge is 2.43. The number of ether oxygens (including phenoxy) is 1. The van der Waals surface area contributed by atoms with E-state index in [4.69, 9.17) is 0 Å². The predicted octanol–water partition coefficient (Wildman–Crippen LogP) is 3.86. The number of hydrogen-bond acceptors (Lipinski definition) is 2. The molecule has 1 saturated carbocycles. The van der Waals surface area contributed by atoms with Gasteiger partial charge in [0.25, 0.3) is 0 Å². The minimum Gasteiger partial charge on any atom is -0.435 e. The third kappa shape index (κ3) is 4.49. The standard InChI is InChI=1S/C17H23F2N3O.HI/c1-20-16(22-9-8-17(12-22)6-3-7-17)21-11-13-4-2-5-14(10-13)23-15(18)19;/h2,4-5,10,15H,3,6-9,11-12H2,1H3,(H,20,21);1H. The minimum atomic E-state index is -2.80. The molecule has 3 rings (SSSR count). The van der Waals surface area contributed by atoms with Crippen molar-refractivity contribution in [3.8, 4) is 5.75 Å². The zero-order chi connectivity index (χ0) is 16.3. The molecule has 0 bridgehead atoms. The van der Waals surface area contributed by atoms with E-state index in [0.717, 1.165) is 24.6 Å². The van der Waals surface area contributed by atoms with Crippen LogP contribution in [0.5, 0.6) is 5.75 Å². The lowest BCUT2D eigenvalue weighted by Crippen LogP contribution is -2.42. The van der Waals surface area contributed by atoms with Crippen LogP contribution in [0, 0.1) is 5.41 Å². The maximum absolute atomic E-state index is 12.3. The van der Waals surface area contributed by atoms with E-state index in [1.54, 1.807) is 19.2 Å². The molecule has 0 atom stereocenters. The van der Waals surface area contributed by atoms with E-state index in [2.05, 4.69) is 19.9 Å². The van der Waals surface area contributed by atoms with Crippen LogP contribution in [0.2, 0.25) is 0 Å². The van der Waals surface area contributed by atoms with E-state index >= 15 is 0 Å². The van der Waals surface area contributed by atoms with Crippen LogP contribution >= 0.6 is 24.0 Å². The van der Waals surface area contributed by atoms with E-state index in [1.807, 2.05) is 6.07 Å². The highest BCUT2D eigenvalue weighted by molar-refractivity contribution is 14.0. The molecule has 24 heavy (non-hydrogen) atoms. The first-order chi connectivity index (χ1) is 11.1. The summed E-state index contributed by atoms with van der Waals surface area (Å²) in [6, 6.07) is 6.77. The summed E-state index contributed by atoms with van der Waals surface area (Å²) in [4.78, 5) is 6.66. The van der Waals surface area contributed by atoms with Crippen LogP contribution in [0.25, 0.3) is 0 Å². The van der Waals surface area contributed by atoms with Gasteiger partial charge in [-0.15, -0.1) is 24.0 Å². The van der Waals surface area contributed by atoms with Gasteiger partial charge in [-0.05, 0) is 42.4 Å². The Labute approximate surface area is 158 Å². The van der Waals surface area contributed by atoms with Crippen molar-refractivity contribution in [3.05, 3.63) is 29.8 Å². The summed E-state index contributed by atoms with van der Waals surface area (Å²) < 4.78 is 29.0. The zero-order valence-corrected chi connectivity index (χ0v) is 16.1. The molecule has 1 aromatic rings. The topological polar surface area (TPSA) is 36.9 Å². The van der Waals surface area contributed by atoms with E-state index in [-0.39, 0.29) is 29.7 Å². The summed E-state index contributed by atoms with van der Waals surface area (Å²) in [5, 5.41) is 3.33. The average Bonchev–Trinajstić information content (AvgIpc) is 2.93. The lowest BCUT2D eigenvalue weighted by Gasteiger charge is -2.38. The van der Waals surface area contributed by atoms with Gasteiger partial charge in [0.15, 0.2) is 5.96 Å². The van der Waals surface area contributed by atoms with Crippen LogP contribution in [0.1, 0.15) is 31.2 Å². The normalized spacial score (nSPS) is 19.2. The zero-order valence-electron chi connectivity index (χ0n) is 13.8. The molecule has 1 aliphatic carbocycles. The molecule has 0 radical (unpaired) electrons. The Hall–Kier alpha value is -1.12. The number of alkyl halides is 2. The molecular formula is C17H24F2IN3O. The van der Waals surface area contributed by atoms with E-state index in [9.17, 15) is 8.78 Å². The highest BCUT2D eigenvalue weighted by Crippen LogP contribution is 2.47. The lowest BCUT2D eigenvalue weighted by molar-refractivity contribution is -0.0498. The lowest BCUT2D eigenvalue weighted by atomic mass is 9.68. The molecule has 134 valence electrons. The Morgan fingerprint density at radius 2 is 2.17 bits per heavy atom. The number of nitrogens with zero attached hydrogens (tertiary/aromatic N) is 2. The quantitative estimate of drug-likeness (QED) is 0.429. The molecule has 1 heterocycles. The van der Waals surface area contributed by atoms with Crippen LogP contribution in [0.4, 0.5) is 8.78 Å². The van der Waals surface area contributed by atoms with Gasteiger partial charge in [0.2, 0.25) is 0 Å². The van der Waals surface area contributed by atoms with Crippen LogP contribution in [0.3, 0.4) is 0 Å². The molecule has 0 unspecified atom stereocenters. The van der Waals surface area contributed by atoms with Crippen molar-refractivity contribution < 1.29 is 13.5 Å². The largest absolute Gasteiger partial charge is 0.435 e. The molecule has 7 heteroatoms. The van der Waals surface area contributed by atoms with Gasteiger partial charge in [-0.1, -0.05) is 18.6 Å². The first kappa shape index (κ1) is 19.2. The maximum Gasteiger partial charge on any atom is 0.387 e. The third-order valence-electron chi connectivity index (χ3n) is 4.94. The number of benzene rings is 1. The smallest absolute Gasteiger partial charge is 0.387 e. The first-order valence-corrected chi connectivity index (χ1v) is 8.10. The highest BCUT2D eigenvalue weighted by atomic mass is 127. The second kappa shape index (κ2) is 8.31. The monoisotopic (exact) mass is 451 g/mol. The number of rotatable bonds is 4. The van der Waals surface area contributed by atoms with Gasteiger partial charge in [-0.2, -0.15) is 8.78 Å². The van der Waals surface area contributed by atoms with Gasteiger partial charge < -0.3 is 15.0 Å². The van der Waals surface area contributed by atoms with E-state index < -0.39 is 6.61 Å². The van der Waals surface area contributed by atoms with Crippen molar-refractivity contribution in [1.29, 1.82) is 0 Å². The van der Waals surface area contributed by atoms with Gasteiger partial charge in [0.1, 0.15) is 5.75 Å². The Balaban J connectivity index is 0.00000208. The number of hydrogen-bond donors (Lipinski definition) is 1. The predicted molar refractivity (Wildman–Crippen MR) is 101 cm³/mol. The second-order valence-corrected chi connectivity index (χ2v) is 6.45. The Bertz CT molecular complexity index is 579. The summed E-state index contributed by atoms with van der Waals surface area (Å²) in [6.07, 6.45) is 5.24. The number of likely N-dealkylation sites (tertiary alicyclic amines) is 1. The van der Waals surface area contributed by atoms with Gasteiger partial charge in [0, 0.05) is 26.7 Å². The van der Waals surface area contributed by atoms with Gasteiger partial charge in [-0.25, -0.2) is 0 Å². The molecular weight excluding hydrogens is 427 g/mol. The summed E-state index contributed by atoms with van der Waals surface area (Å²) in [5.74, 6) is 1.07. The SMILES string of the molecule is CN=C(NCc1cccc(OC(F)F)c1)N1CCC2(CCC2)C1.I. The van der Waals surface area contributed by atoms with Gasteiger partial charge in [-0.3, -0.25) is 4.99 Å². The van der Waals surface area contributed by atoms with Gasteiger partial charge >= 0.3 is 6.61 Å². The Morgan fingerprint density at radius 1 is 1.38 bits per heavy atom. The molecule has 2 fully saturated rings. The summed E-state index contributed by atoms with van der Waals surface area (Å²) in [7, 11) is 1.78. The van der Waals surface area contributed by atoms with Crippen LogP contribution in [-0.2, 0) is 6.54 Å². The van der Waals surface area contributed by atoms with Crippen LogP contribution < -0.4 is 10.1 Å². The van der Waals surface area contributed by atoms with Crippen molar-refractivity contribution in [3.63, 3.8) is 0 Å². The maximum atomic E-state index is 12.3. The molecule has 0 aromatic heterocycles. The van der Waals surface area contributed by atoms with Crippen LogP contribution in [0.15, 0.2) is 29.3 Å². The van der Waals surface area contributed by atoms with E-state index in [1.165, 1.54) is 31.7 Å². The molecule has 0 amide bonds. The average molecular weight is 451 g/mol. The van der Waals surface area contributed by atoms with Crippen molar-refractivity contribution in [2.45, 2.75) is 38.8 Å². The Morgan fingerprint density at radius 3 is 2.75 bits per heavy atom. The fourth-order valence-corrected chi connectivity index (χ4v) is 3.55. The van der Waals surface area contributed by atoms with Crippen molar-refractivity contribution in [2.75, 3.05) is 20.1 Å². The first-order valence-electron chi connectivity index (χ1n) is 8.10. The Kier molecular flexibility index (Phi) is 6.65. The molecule has 2 aliphatic rings. The minimum absolute atomic E-state index is 0. The molecule has 1 N–H and O–H groups in total. The van der Waals surface area contributed by atoms with Crippen molar-refractivity contribution in [1.82, 2.24) is 10.2 Å². The summed E-state index contributed by atoms with van der Waals surface area (Å²) in [6.45, 7) is -0.152. The number of aliphatic imine (C=N–C) groups is 1. The summed E-state index contributed by atoms with van der Waals surface area (Å²) >= 11 is 0.